The second-order valence-corrected chi connectivity index (χ2v) is 2.88. The van der Waals surface area contributed by atoms with E-state index in [-0.39, 0.29) is 0 Å². The van der Waals surface area contributed by atoms with E-state index in [1.807, 2.05) is 30.3 Å². The molecule has 0 heterocycles. The fourth-order valence-corrected chi connectivity index (χ4v) is 1.26. The molecular formula is C8H8OS. The van der Waals surface area contributed by atoms with Crippen molar-refractivity contribution in [3.8, 4) is 0 Å². The number of aldehydes is 1. The van der Waals surface area contributed by atoms with Gasteiger partial charge in [0, 0.05) is 4.90 Å². The first-order chi connectivity index (χ1) is 4.93. The molecule has 1 nitrogen and oxygen atoms in total. The summed E-state index contributed by atoms with van der Waals surface area (Å²) >= 11 is 1.55. The lowest BCUT2D eigenvalue weighted by molar-refractivity contribution is -0.105. The van der Waals surface area contributed by atoms with Crippen LogP contribution in [0.5, 0.6) is 0 Å². The predicted molar refractivity (Wildman–Crippen MR) is 43.2 cm³/mol. The van der Waals surface area contributed by atoms with Gasteiger partial charge in [0.15, 0.2) is 0 Å². The van der Waals surface area contributed by atoms with Crippen molar-refractivity contribution in [2.75, 3.05) is 5.75 Å². The first-order valence-corrected chi connectivity index (χ1v) is 4.03. The van der Waals surface area contributed by atoms with Crippen LogP contribution in [-0.2, 0) is 4.79 Å². The highest BCUT2D eigenvalue weighted by Crippen LogP contribution is 2.14. The van der Waals surface area contributed by atoms with E-state index in [9.17, 15) is 4.79 Å². The molecule has 2 heteroatoms. The fraction of sp³-hybridized carbons (Fsp3) is 0.125. The second kappa shape index (κ2) is 4.12. The third-order valence-electron chi connectivity index (χ3n) is 1.06. The summed E-state index contributed by atoms with van der Waals surface area (Å²) in [5.74, 6) is 0.546. The van der Waals surface area contributed by atoms with E-state index < -0.39 is 0 Å². The summed E-state index contributed by atoms with van der Waals surface area (Å²) < 4.78 is 0. The molecule has 0 fully saturated rings. The Kier molecular flexibility index (Phi) is 3.03. The van der Waals surface area contributed by atoms with E-state index >= 15 is 0 Å². The Hall–Kier alpha value is -0.760. The van der Waals surface area contributed by atoms with Gasteiger partial charge in [-0.2, -0.15) is 0 Å². The standard InChI is InChI=1S/C8H8OS/c9-6-7-10-8-4-2-1-3-5-8/h1-6H,7H2. The maximum atomic E-state index is 9.96. The molecule has 0 aliphatic heterocycles. The van der Waals surface area contributed by atoms with E-state index in [1.54, 1.807) is 11.8 Å². The topological polar surface area (TPSA) is 17.1 Å². The monoisotopic (exact) mass is 152 g/mol. The van der Waals surface area contributed by atoms with Crippen LogP contribution in [0.3, 0.4) is 0 Å². The Labute approximate surface area is 64.4 Å². The van der Waals surface area contributed by atoms with Crippen molar-refractivity contribution in [1.29, 1.82) is 0 Å². The Morgan fingerprint density at radius 3 is 2.60 bits per heavy atom. The van der Waals surface area contributed by atoms with Gasteiger partial charge in [-0.05, 0) is 12.1 Å². The quantitative estimate of drug-likeness (QED) is 0.486. The minimum Gasteiger partial charge on any atom is -0.302 e. The molecule has 0 aliphatic rings. The number of carbonyl (C=O) groups excluding carboxylic acids is 1. The normalized spacial score (nSPS) is 9.20. The highest BCUT2D eigenvalue weighted by Gasteiger charge is 1.87. The largest absolute Gasteiger partial charge is 0.302 e. The highest BCUT2D eigenvalue weighted by atomic mass is 32.2. The Bertz CT molecular complexity index is 196. The van der Waals surface area contributed by atoms with E-state index in [0.717, 1.165) is 11.2 Å². The molecule has 0 unspecified atom stereocenters. The molecule has 10 heavy (non-hydrogen) atoms. The third-order valence-corrected chi connectivity index (χ3v) is 1.97. The number of benzene rings is 1. The SMILES string of the molecule is O=CCSc1ccccc1. The van der Waals surface area contributed by atoms with Crippen LogP contribution in [-0.4, -0.2) is 12.0 Å². The molecule has 0 N–H and O–H groups in total. The van der Waals surface area contributed by atoms with Crippen molar-refractivity contribution < 1.29 is 4.79 Å². The maximum absolute atomic E-state index is 9.96. The first kappa shape index (κ1) is 7.35. The molecule has 0 saturated carbocycles. The van der Waals surface area contributed by atoms with Crippen molar-refractivity contribution in [2.24, 2.45) is 0 Å². The molecule has 0 atom stereocenters. The summed E-state index contributed by atoms with van der Waals surface area (Å²) in [7, 11) is 0. The summed E-state index contributed by atoms with van der Waals surface area (Å²) in [6.45, 7) is 0. The molecule has 0 bridgehead atoms. The Morgan fingerprint density at radius 1 is 1.30 bits per heavy atom. The lowest BCUT2D eigenvalue weighted by atomic mass is 10.4. The zero-order chi connectivity index (χ0) is 7.23. The average molecular weight is 152 g/mol. The zero-order valence-electron chi connectivity index (χ0n) is 5.49. The molecule has 0 spiro atoms. The van der Waals surface area contributed by atoms with Crippen molar-refractivity contribution in [1.82, 2.24) is 0 Å². The van der Waals surface area contributed by atoms with Crippen LogP contribution in [0.15, 0.2) is 35.2 Å². The van der Waals surface area contributed by atoms with Crippen LogP contribution >= 0.6 is 11.8 Å². The van der Waals surface area contributed by atoms with Crippen molar-refractivity contribution in [2.45, 2.75) is 4.90 Å². The van der Waals surface area contributed by atoms with E-state index in [2.05, 4.69) is 0 Å². The predicted octanol–water partition coefficient (Wildman–Crippen LogP) is 1.98. The molecule has 0 aliphatic carbocycles. The Morgan fingerprint density at radius 2 is 2.00 bits per heavy atom. The van der Waals surface area contributed by atoms with Gasteiger partial charge < -0.3 is 4.79 Å². The summed E-state index contributed by atoms with van der Waals surface area (Å²) in [6, 6.07) is 9.88. The summed E-state index contributed by atoms with van der Waals surface area (Å²) in [4.78, 5) is 11.1. The van der Waals surface area contributed by atoms with Gasteiger partial charge in [-0.3, -0.25) is 0 Å². The minimum absolute atomic E-state index is 0.546. The van der Waals surface area contributed by atoms with Crippen LogP contribution in [0, 0.1) is 0 Å². The number of hydrogen-bond donors (Lipinski definition) is 0. The van der Waals surface area contributed by atoms with E-state index in [0.29, 0.717) is 5.75 Å². The van der Waals surface area contributed by atoms with Gasteiger partial charge in [0.25, 0.3) is 0 Å². The molecule has 0 radical (unpaired) electrons. The van der Waals surface area contributed by atoms with Gasteiger partial charge in [-0.15, -0.1) is 11.8 Å². The van der Waals surface area contributed by atoms with Gasteiger partial charge >= 0.3 is 0 Å². The van der Waals surface area contributed by atoms with Crippen LogP contribution in [0.25, 0.3) is 0 Å². The molecular weight excluding hydrogens is 144 g/mol. The molecule has 0 aromatic heterocycles. The Balaban J connectivity index is 2.50. The lowest BCUT2D eigenvalue weighted by Gasteiger charge is -1.93. The van der Waals surface area contributed by atoms with Crippen molar-refractivity contribution >= 4 is 18.0 Å². The van der Waals surface area contributed by atoms with Crippen LogP contribution < -0.4 is 0 Å². The molecule has 1 rings (SSSR count). The first-order valence-electron chi connectivity index (χ1n) is 3.05. The number of hydrogen-bond acceptors (Lipinski definition) is 2. The molecule has 1 aromatic carbocycles. The number of thioether (sulfide) groups is 1. The van der Waals surface area contributed by atoms with Gasteiger partial charge in [-0.25, -0.2) is 0 Å². The molecule has 0 saturated heterocycles. The van der Waals surface area contributed by atoms with Crippen LogP contribution in [0.1, 0.15) is 0 Å². The zero-order valence-corrected chi connectivity index (χ0v) is 6.30. The fourth-order valence-electron chi connectivity index (χ4n) is 0.647. The molecule has 52 valence electrons. The maximum Gasteiger partial charge on any atom is 0.130 e. The van der Waals surface area contributed by atoms with Gasteiger partial charge in [0.2, 0.25) is 0 Å². The number of rotatable bonds is 3. The second-order valence-electron chi connectivity index (χ2n) is 1.79. The lowest BCUT2D eigenvalue weighted by Crippen LogP contribution is -1.76. The smallest absolute Gasteiger partial charge is 0.130 e. The molecule has 1 aromatic rings. The van der Waals surface area contributed by atoms with E-state index in [4.69, 9.17) is 0 Å². The van der Waals surface area contributed by atoms with Gasteiger partial charge in [-0.1, -0.05) is 18.2 Å². The summed E-state index contributed by atoms with van der Waals surface area (Å²) in [5, 5.41) is 0. The molecule has 0 amide bonds. The number of carbonyl (C=O) groups is 1. The van der Waals surface area contributed by atoms with Gasteiger partial charge in [0.05, 0.1) is 5.75 Å². The van der Waals surface area contributed by atoms with E-state index in [1.165, 1.54) is 0 Å². The summed E-state index contributed by atoms with van der Waals surface area (Å²) in [5.41, 5.74) is 0. The minimum atomic E-state index is 0.546. The van der Waals surface area contributed by atoms with Crippen molar-refractivity contribution in [3.05, 3.63) is 30.3 Å². The van der Waals surface area contributed by atoms with Gasteiger partial charge in [0.1, 0.15) is 6.29 Å². The third kappa shape index (κ3) is 2.23. The van der Waals surface area contributed by atoms with Crippen molar-refractivity contribution in [3.63, 3.8) is 0 Å². The highest BCUT2D eigenvalue weighted by molar-refractivity contribution is 7.99. The summed E-state index contributed by atoms with van der Waals surface area (Å²) in [6.07, 6.45) is 0.914. The average Bonchev–Trinajstić information content (AvgIpc) is 2.03. The van der Waals surface area contributed by atoms with Crippen LogP contribution in [0.2, 0.25) is 0 Å². The van der Waals surface area contributed by atoms with Crippen LogP contribution in [0.4, 0.5) is 0 Å².